The monoisotopic (exact) mass is 281 g/mol. The molecule has 1 fully saturated rings. The first-order valence-corrected chi connectivity index (χ1v) is 7.07. The summed E-state index contributed by atoms with van der Waals surface area (Å²) in [5, 5.41) is 12.1. The summed E-state index contributed by atoms with van der Waals surface area (Å²) in [6.07, 6.45) is 3.00. The van der Waals surface area contributed by atoms with Crippen LogP contribution in [0.2, 0.25) is 0 Å². The second-order valence-electron chi connectivity index (χ2n) is 5.21. The number of fused-ring (bicyclic) bond motifs is 1. The molecule has 0 aromatic heterocycles. The van der Waals surface area contributed by atoms with E-state index < -0.39 is 0 Å². The van der Waals surface area contributed by atoms with Crippen molar-refractivity contribution in [1.82, 2.24) is 4.90 Å². The molecule has 1 N–H and O–H groups in total. The molecular weight excluding hydrogens is 266 g/mol. The molecule has 2 aliphatic rings. The summed E-state index contributed by atoms with van der Waals surface area (Å²) < 4.78 is 0. The van der Waals surface area contributed by atoms with Gasteiger partial charge in [0.15, 0.2) is 0 Å². The molecule has 3 rings (SSSR count). The third-order valence-corrected chi connectivity index (χ3v) is 3.89. The van der Waals surface area contributed by atoms with Gasteiger partial charge < -0.3 is 10.2 Å². The van der Waals surface area contributed by atoms with E-state index >= 15 is 0 Å². The molecule has 5 heteroatoms. The summed E-state index contributed by atoms with van der Waals surface area (Å²) in [7, 11) is 0. The van der Waals surface area contributed by atoms with E-state index in [9.17, 15) is 14.9 Å². The van der Waals surface area contributed by atoms with E-state index in [1.54, 1.807) is 29.2 Å². The Morgan fingerprint density at radius 2 is 1.90 bits per heavy atom. The molecule has 0 spiro atoms. The Labute approximate surface area is 122 Å². The largest absolute Gasteiger partial charge is 0.338 e. The summed E-state index contributed by atoms with van der Waals surface area (Å²) in [5.74, 6) is -0.711. The highest BCUT2D eigenvalue weighted by Crippen LogP contribution is 2.34. The predicted octanol–water partition coefficient (Wildman–Crippen LogP) is 1.93. The van der Waals surface area contributed by atoms with Crippen molar-refractivity contribution in [2.45, 2.75) is 19.3 Å². The van der Waals surface area contributed by atoms with Gasteiger partial charge in [-0.2, -0.15) is 5.26 Å². The van der Waals surface area contributed by atoms with E-state index in [2.05, 4.69) is 5.32 Å². The van der Waals surface area contributed by atoms with Gasteiger partial charge in [0.05, 0.1) is 5.57 Å². The molecule has 1 aromatic carbocycles. The first-order valence-electron chi connectivity index (χ1n) is 7.07. The van der Waals surface area contributed by atoms with Crippen LogP contribution in [0.4, 0.5) is 5.69 Å². The van der Waals surface area contributed by atoms with Crippen molar-refractivity contribution < 1.29 is 9.59 Å². The fraction of sp³-hybridized carbons (Fsp3) is 0.312. The predicted molar refractivity (Wildman–Crippen MR) is 78.0 cm³/mol. The van der Waals surface area contributed by atoms with Gasteiger partial charge in [-0.1, -0.05) is 18.2 Å². The highest BCUT2D eigenvalue weighted by Gasteiger charge is 2.32. The Morgan fingerprint density at radius 1 is 1.19 bits per heavy atom. The Morgan fingerprint density at radius 3 is 2.62 bits per heavy atom. The van der Waals surface area contributed by atoms with Crippen LogP contribution in [-0.4, -0.2) is 29.8 Å². The minimum Gasteiger partial charge on any atom is -0.338 e. The van der Waals surface area contributed by atoms with Crippen LogP contribution in [0, 0.1) is 11.3 Å². The van der Waals surface area contributed by atoms with E-state index in [-0.39, 0.29) is 23.0 Å². The first-order chi connectivity index (χ1) is 10.2. The minimum absolute atomic E-state index is 0.0562. The van der Waals surface area contributed by atoms with Crippen LogP contribution in [0.3, 0.4) is 0 Å². The Balaban J connectivity index is 2.04. The Bertz CT molecular complexity index is 679. The fourth-order valence-corrected chi connectivity index (χ4v) is 2.83. The van der Waals surface area contributed by atoms with Gasteiger partial charge >= 0.3 is 0 Å². The number of hydrogen-bond donors (Lipinski definition) is 1. The van der Waals surface area contributed by atoms with Gasteiger partial charge in [0.25, 0.3) is 11.8 Å². The van der Waals surface area contributed by atoms with Gasteiger partial charge in [0.2, 0.25) is 0 Å². The quantitative estimate of drug-likeness (QED) is 0.631. The first kappa shape index (κ1) is 13.4. The van der Waals surface area contributed by atoms with E-state index in [0.717, 1.165) is 19.3 Å². The smallest absolute Gasteiger partial charge is 0.265 e. The highest BCUT2D eigenvalue weighted by atomic mass is 16.2. The number of amides is 2. The third kappa shape index (κ3) is 2.29. The third-order valence-electron chi connectivity index (χ3n) is 3.89. The number of nitrogens with one attached hydrogen (secondary N) is 1. The van der Waals surface area contributed by atoms with Crippen LogP contribution in [0.5, 0.6) is 0 Å². The number of carbonyl (C=O) groups is 2. The molecule has 0 saturated carbocycles. The van der Waals surface area contributed by atoms with Crippen LogP contribution < -0.4 is 5.32 Å². The highest BCUT2D eigenvalue weighted by molar-refractivity contribution is 6.36. The molecule has 0 bridgehead atoms. The average molecular weight is 281 g/mol. The van der Waals surface area contributed by atoms with Crippen molar-refractivity contribution in [2.24, 2.45) is 0 Å². The topological polar surface area (TPSA) is 73.2 Å². The lowest BCUT2D eigenvalue weighted by Crippen LogP contribution is -2.36. The number of hydrogen-bond acceptors (Lipinski definition) is 3. The number of likely N-dealkylation sites (tertiary alicyclic amines) is 1. The maximum Gasteiger partial charge on any atom is 0.265 e. The van der Waals surface area contributed by atoms with Crippen molar-refractivity contribution in [2.75, 3.05) is 18.4 Å². The van der Waals surface area contributed by atoms with E-state index in [4.69, 9.17) is 0 Å². The molecule has 0 unspecified atom stereocenters. The molecule has 2 amide bonds. The van der Waals surface area contributed by atoms with Gasteiger partial charge in [0.1, 0.15) is 11.6 Å². The summed E-state index contributed by atoms with van der Waals surface area (Å²) in [6, 6.07) is 9.06. The maximum absolute atomic E-state index is 12.5. The molecule has 1 saturated heterocycles. The maximum atomic E-state index is 12.5. The number of rotatable bonds is 1. The van der Waals surface area contributed by atoms with Crippen LogP contribution in [0.25, 0.3) is 5.57 Å². The number of nitriles is 1. The number of benzene rings is 1. The van der Waals surface area contributed by atoms with E-state index in [1.807, 2.05) is 6.07 Å². The standard InChI is InChI=1S/C16H15N3O2/c17-10-12(16(21)19-8-4-1-5-9-19)14-11-6-2-3-7-13(11)18-15(14)20/h2-3,6-7H,1,4-5,8-9H2,(H,18,20)/b14-12-. The van der Waals surface area contributed by atoms with Gasteiger partial charge in [-0.3, -0.25) is 9.59 Å². The average Bonchev–Trinajstić information content (AvgIpc) is 2.85. The van der Waals surface area contributed by atoms with Crippen LogP contribution in [-0.2, 0) is 9.59 Å². The molecule has 0 aliphatic carbocycles. The lowest BCUT2D eigenvalue weighted by atomic mass is 10.00. The molecular formula is C16H15N3O2. The van der Waals surface area contributed by atoms with Crippen molar-refractivity contribution in [3.05, 3.63) is 35.4 Å². The number of carbonyl (C=O) groups excluding carboxylic acids is 2. The van der Waals surface area contributed by atoms with E-state index in [0.29, 0.717) is 24.3 Å². The second kappa shape index (κ2) is 5.41. The zero-order chi connectivity index (χ0) is 14.8. The number of nitrogens with zero attached hydrogens (tertiary/aromatic N) is 2. The fourth-order valence-electron chi connectivity index (χ4n) is 2.83. The number of anilines is 1. The SMILES string of the molecule is N#C/C(C(=O)N1CCCCC1)=C1/C(=O)Nc2ccccc21. The molecule has 0 atom stereocenters. The molecule has 21 heavy (non-hydrogen) atoms. The van der Waals surface area contributed by atoms with Gasteiger partial charge in [-0.05, 0) is 25.3 Å². The zero-order valence-electron chi connectivity index (χ0n) is 11.6. The lowest BCUT2D eigenvalue weighted by molar-refractivity contribution is -0.127. The summed E-state index contributed by atoms with van der Waals surface area (Å²) in [4.78, 5) is 26.3. The van der Waals surface area contributed by atoms with Gasteiger partial charge in [-0.25, -0.2) is 0 Å². The van der Waals surface area contributed by atoms with Crippen LogP contribution >= 0.6 is 0 Å². The summed E-state index contributed by atoms with van der Waals surface area (Å²) in [5.41, 5.74) is 1.42. The molecule has 2 heterocycles. The van der Waals surface area contributed by atoms with Gasteiger partial charge in [0, 0.05) is 24.3 Å². The summed E-state index contributed by atoms with van der Waals surface area (Å²) >= 11 is 0. The molecule has 2 aliphatic heterocycles. The molecule has 5 nitrogen and oxygen atoms in total. The number of para-hydroxylation sites is 1. The molecule has 0 radical (unpaired) electrons. The minimum atomic E-state index is -0.377. The molecule has 1 aromatic rings. The van der Waals surface area contributed by atoms with E-state index in [1.165, 1.54) is 0 Å². The molecule has 106 valence electrons. The lowest BCUT2D eigenvalue weighted by Gasteiger charge is -2.26. The zero-order valence-corrected chi connectivity index (χ0v) is 11.6. The van der Waals surface area contributed by atoms with Crippen molar-refractivity contribution >= 4 is 23.1 Å². The van der Waals surface area contributed by atoms with Crippen molar-refractivity contribution in [1.29, 1.82) is 5.26 Å². The normalized spacial score (nSPS) is 19.6. The van der Waals surface area contributed by atoms with Gasteiger partial charge in [-0.15, -0.1) is 0 Å². The van der Waals surface area contributed by atoms with Crippen molar-refractivity contribution in [3.8, 4) is 6.07 Å². The van der Waals surface area contributed by atoms with Crippen LogP contribution in [0.1, 0.15) is 24.8 Å². The second-order valence-corrected chi connectivity index (χ2v) is 5.21. The summed E-state index contributed by atoms with van der Waals surface area (Å²) in [6.45, 7) is 1.31. The Hall–Kier alpha value is -2.61. The number of piperidine rings is 1. The van der Waals surface area contributed by atoms with Crippen LogP contribution in [0.15, 0.2) is 29.8 Å². The van der Waals surface area contributed by atoms with Crippen molar-refractivity contribution in [3.63, 3.8) is 0 Å². The Kier molecular flexibility index (Phi) is 3.44.